The molecule has 0 aliphatic heterocycles. The van der Waals surface area contributed by atoms with Gasteiger partial charge in [-0.15, -0.1) is 0 Å². The molecule has 0 bridgehead atoms. The molecular formula is C19H22FN3O3. The van der Waals surface area contributed by atoms with Crippen LogP contribution in [-0.2, 0) is 16.0 Å². The van der Waals surface area contributed by atoms with Crippen LogP contribution < -0.4 is 20.9 Å². The second-order valence-electron chi connectivity index (χ2n) is 5.85. The Morgan fingerprint density at radius 2 is 1.85 bits per heavy atom. The van der Waals surface area contributed by atoms with E-state index in [1.807, 2.05) is 0 Å². The highest BCUT2D eigenvalue weighted by molar-refractivity contribution is 5.85. The average Bonchev–Trinajstić information content (AvgIpc) is 2.64. The first-order valence-corrected chi connectivity index (χ1v) is 8.19. The predicted molar refractivity (Wildman–Crippen MR) is 97.0 cm³/mol. The van der Waals surface area contributed by atoms with Gasteiger partial charge in [-0.1, -0.05) is 19.1 Å². The summed E-state index contributed by atoms with van der Waals surface area (Å²) >= 11 is 0. The number of hydrogen-bond donors (Lipinski definition) is 3. The quantitative estimate of drug-likeness (QED) is 0.663. The molecule has 26 heavy (non-hydrogen) atoms. The maximum atomic E-state index is 13.2. The molecule has 138 valence electrons. The van der Waals surface area contributed by atoms with Gasteiger partial charge in [0.2, 0.25) is 5.91 Å². The van der Waals surface area contributed by atoms with Gasteiger partial charge in [0.05, 0.1) is 13.7 Å². The van der Waals surface area contributed by atoms with Crippen molar-refractivity contribution < 1.29 is 18.7 Å². The maximum Gasteiger partial charge on any atom is 0.257 e. The summed E-state index contributed by atoms with van der Waals surface area (Å²) in [5.41, 5.74) is 6.21. The van der Waals surface area contributed by atoms with E-state index in [2.05, 4.69) is 16.2 Å². The lowest BCUT2D eigenvalue weighted by Crippen LogP contribution is -2.46. The third-order valence-corrected chi connectivity index (χ3v) is 3.75. The van der Waals surface area contributed by atoms with Gasteiger partial charge in [-0.25, -0.2) is 4.39 Å². The number of amides is 2. The van der Waals surface area contributed by atoms with Crippen LogP contribution in [0.3, 0.4) is 0 Å². The molecular weight excluding hydrogens is 337 g/mol. The third-order valence-electron chi connectivity index (χ3n) is 3.75. The number of methoxy groups -OCH3 is 1. The van der Waals surface area contributed by atoms with Crippen LogP contribution >= 0.6 is 0 Å². The van der Waals surface area contributed by atoms with Gasteiger partial charge in [0, 0.05) is 11.6 Å². The fraction of sp³-hybridized carbons (Fsp3) is 0.263. The number of benzene rings is 2. The van der Waals surface area contributed by atoms with Gasteiger partial charge in [-0.2, -0.15) is 0 Å². The number of hydrazine groups is 1. The van der Waals surface area contributed by atoms with Gasteiger partial charge in [0.25, 0.3) is 5.91 Å². The third kappa shape index (κ3) is 6.08. The smallest absolute Gasteiger partial charge is 0.257 e. The maximum absolute atomic E-state index is 13.2. The largest absolute Gasteiger partial charge is 0.497 e. The molecule has 2 aromatic rings. The summed E-state index contributed by atoms with van der Waals surface area (Å²) < 4.78 is 18.2. The highest BCUT2D eigenvalue weighted by atomic mass is 19.1. The molecule has 0 saturated heterocycles. The lowest BCUT2D eigenvalue weighted by molar-refractivity contribution is -0.130. The highest BCUT2D eigenvalue weighted by Crippen LogP contribution is 2.14. The van der Waals surface area contributed by atoms with E-state index in [4.69, 9.17) is 4.74 Å². The topological polar surface area (TPSA) is 79.5 Å². The molecule has 1 atom stereocenters. The number of carbonyl (C=O) groups is 2. The zero-order valence-corrected chi connectivity index (χ0v) is 14.7. The monoisotopic (exact) mass is 359 g/mol. The van der Waals surface area contributed by atoms with Crippen molar-refractivity contribution in [3.05, 3.63) is 59.9 Å². The minimum absolute atomic E-state index is 0.00485. The summed E-state index contributed by atoms with van der Waals surface area (Å²) in [6.07, 6.45) is 0.379. The van der Waals surface area contributed by atoms with Gasteiger partial charge in [-0.05, 0) is 48.4 Å². The molecule has 0 aliphatic rings. The number of nitrogens with one attached hydrogen (secondary N) is 3. The minimum Gasteiger partial charge on any atom is -0.497 e. The number of anilines is 1. The molecule has 3 N–H and O–H groups in total. The Labute approximate surface area is 151 Å². The van der Waals surface area contributed by atoms with Crippen LogP contribution in [0.15, 0.2) is 48.5 Å². The van der Waals surface area contributed by atoms with Gasteiger partial charge in [0.1, 0.15) is 11.6 Å². The van der Waals surface area contributed by atoms with Crippen molar-refractivity contribution in [3.63, 3.8) is 0 Å². The lowest BCUT2D eigenvalue weighted by Gasteiger charge is -2.13. The first kappa shape index (κ1) is 19.2. The summed E-state index contributed by atoms with van der Waals surface area (Å²) in [6.45, 7) is 1.72. The van der Waals surface area contributed by atoms with Crippen molar-refractivity contribution in [1.82, 2.24) is 10.9 Å². The molecule has 1 unspecified atom stereocenters. The number of carbonyl (C=O) groups excluding carboxylic acids is 2. The molecule has 2 aromatic carbocycles. The van der Waals surface area contributed by atoms with Crippen molar-refractivity contribution in [2.45, 2.75) is 13.3 Å². The van der Waals surface area contributed by atoms with Gasteiger partial charge < -0.3 is 10.1 Å². The van der Waals surface area contributed by atoms with E-state index >= 15 is 0 Å². The summed E-state index contributed by atoms with van der Waals surface area (Å²) in [7, 11) is 1.58. The van der Waals surface area contributed by atoms with Gasteiger partial charge in [-0.3, -0.25) is 20.4 Å². The normalized spacial score (nSPS) is 11.3. The molecule has 0 fully saturated rings. The molecule has 2 rings (SSSR count). The Kier molecular flexibility index (Phi) is 6.96. The second kappa shape index (κ2) is 9.41. The fourth-order valence-electron chi connectivity index (χ4n) is 2.30. The van der Waals surface area contributed by atoms with Gasteiger partial charge >= 0.3 is 0 Å². The molecule has 0 aliphatic carbocycles. The predicted octanol–water partition coefficient (Wildman–Crippen LogP) is 2.27. The van der Waals surface area contributed by atoms with Crippen molar-refractivity contribution >= 4 is 17.5 Å². The Hall–Kier alpha value is -3.09. The standard InChI is InChI=1S/C19H22FN3O3/c1-13(10-14-4-3-5-15(20)11-14)19(25)23-22-18(24)12-21-16-6-8-17(26-2)9-7-16/h3-9,11,13,21H,10,12H2,1-2H3,(H,22,24)(H,23,25). The van der Waals surface area contributed by atoms with Crippen LogP contribution in [0.1, 0.15) is 12.5 Å². The Balaban J connectivity index is 1.72. The van der Waals surface area contributed by atoms with Crippen LogP contribution in [0.5, 0.6) is 5.75 Å². The van der Waals surface area contributed by atoms with Crippen LogP contribution in [0, 0.1) is 11.7 Å². The number of ether oxygens (including phenoxy) is 1. The average molecular weight is 359 g/mol. The summed E-state index contributed by atoms with van der Waals surface area (Å²) in [5.74, 6) is -0.751. The van der Waals surface area contributed by atoms with E-state index in [9.17, 15) is 14.0 Å². The second-order valence-corrected chi connectivity index (χ2v) is 5.85. The molecule has 0 radical (unpaired) electrons. The minimum atomic E-state index is -0.411. The van der Waals surface area contributed by atoms with E-state index in [1.165, 1.54) is 12.1 Å². The first-order valence-electron chi connectivity index (χ1n) is 8.19. The van der Waals surface area contributed by atoms with Crippen LogP contribution in [0.4, 0.5) is 10.1 Å². The van der Waals surface area contributed by atoms with Crippen molar-refractivity contribution in [1.29, 1.82) is 0 Å². The van der Waals surface area contributed by atoms with Crippen molar-refractivity contribution in [3.8, 4) is 5.75 Å². The zero-order chi connectivity index (χ0) is 18.9. The molecule has 0 spiro atoms. The Morgan fingerprint density at radius 1 is 1.12 bits per heavy atom. The van der Waals surface area contributed by atoms with Crippen LogP contribution in [0.2, 0.25) is 0 Å². The molecule has 6 nitrogen and oxygen atoms in total. The lowest BCUT2D eigenvalue weighted by atomic mass is 10.0. The van der Waals surface area contributed by atoms with E-state index in [1.54, 1.807) is 50.4 Å². The molecule has 2 amide bonds. The molecule has 0 saturated carbocycles. The zero-order valence-electron chi connectivity index (χ0n) is 14.7. The SMILES string of the molecule is COc1ccc(NCC(=O)NNC(=O)C(C)Cc2cccc(F)c2)cc1. The van der Waals surface area contributed by atoms with Crippen LogP contribution in [0.25, 0.3) is 0 Å². The number of hydrogen-bond acceptors (Lipinski definition) is 4. The van der Waals surface area contributed by atoms with Crippen LogP contribution in [-0.4, -0.2) is 25.5 Å². The van der Waals surface area contributed by atoms with E-state index in [-0.39, 0.29) is 24.2 Å². The summed E-state index contributed by atoms with van der Waals surface area (Å²) in [5, 5.41) is 2.93. The van der Waals surface area contributed by atoms with Gasteiger partial charge in [0.15, 0.2) is 0 Å². The first-order chi connectivity index (χ1) is 12.5. The number of rotatable bonds is 7. The summed E-state index contributed by atoms with van der Waals surface area (Å²) in [4.78, 5) is 23.8. The summed E-state index contributed by atoms with van der Waals surface area (Å²) in [6, 6.07) is 13.2. The molecule has 7 heteroatoms. The molecule has 0 heterocycles. The van der Waals surface area contributed by atoms with Crippen molar-refractivity contribution in [2.75, 3.05) is 19.0 Å². The van der Waals surface area contributed by atoms with E-state index in [0.29, 0.717) is 6.42 Å². The number of halogens is 1. The fourth-order valence-corrected chi connectivity index (χ4v) is 2.30. The Bertz CT molecular complexity index is 750. The highest BCUT2D eigenvalue weighted by Gasteiger charge is 2.14. The molecule has 0 aromatic heterocycles. The van der Waals surface area contributed by atoms with E-state index < -0.39 is 5.92 Å². The van der Waals surface area contributed by atoms with E-state index in [0.717, 1.165) is 17.0 Å². The van der Waals surface area contributed by atoms with Crippen molar-refractivity contribution in [2.24, 2.45) is 5.92 Å². The Morgan fingerprint density at radius 3 is 2.50 bits per heavy atom.